The number of hydrogen-bond acceptors (Lipinski definition) is 7. The van der Waals surface area contributed by atoms with E-state index in [0.29, 0.717) is 50.4 Å². The summed E-state index contributed by atoms with van der Waals surface area (Å²) in [6, 6.07) is 11.8. The molecule has 1 atom stereocenters. The summed E-state index contributed by atoms with van der Waals surface area (Å²) in [5.74, 6) is 0.658. The van der Waals surface area contributed by atoms with Gasteiger partial charge < -0.3 is 19.7 Å². The van der Waals surface area contributed by atoms with Crippen molar-refractivity contribution in [1.29, 1.82) is 0 Å². The molecular formula is C25H29N5O4S. The molecule has 0 aliphatic carbocycles. The van der Waals surface area contributed by atoms with Crippen molar-refractivity contribution in [2.24, 2.45) is 5.92 Å². The van der Waals surface area contributed by atoms with E-state index in [1.165, 1.54) is 4.88 Å². The highest BCUT2D eigenvalue weighted by molar-refractivity contribution is 7.09. The lowest BCUT2D eigenvalue weighted by Crippen LogP contribution is -2.43. The maximum atomic E-state index is 13.2. The van der Waals surface area contributed by atoms with Crippen LogP contribution in [-0.4, -0.2) is 58.5 Å². The summed E-state index contributed by atoms with van der Waals surface area (Å²) in [7, 11) is 1.64. The number of nitrogens with one attached hydrogen (secondary N) is 1. The highest BCUT2D eigenvalue weighted by Crippen LogP contribution is 2.29. The van der Waals surface area contributed by atoms with Crippen LogP contribution in [0.15, 0.2) is 41.8 Å². The van der Waals surface area contributed by atoms with Gasteiger partial charge in [-0.25, -0.2) is 4.68 Å². The van der Waals surface area contributed by atoms with E-state index < -0.39 is 0 Å². The van der Waals surface area contributed by atoms with E-state index in [1.54, 1.807) is 28.0 Å². The second kappa shape index (κ2) is 10.6. The van der Waals surface area contributed by atoms with Crippen LogP contribution in [0.1, 0.15) is 45.6 Å². The third kappa shape index (κ3) is 5.23. The molecule has 0 radical (unpaired) electrons. The van der Waals surface area contributed by atoms with Gasteiger partial charge in [0.15, 0.2) is 5.69 Å². The lowest BCUT2D eigenvalue weighted by atomic mass is 9.95. The normalized spacial score (nSPS) is 18.2. The zero-order chi connectivity index (χ0) is 24.2. The van der Waals surface area contributed by atoms with Gasteiger partial charge in [0.1, 0.15) is 11.9 Å². The molecular weight excluding hydrogens is 466 g/mol. The summed E-state index contributed by atoms with van der Waals surface area (Å²) in [5.41, 5.74) is 2.07. The van der Waals surface area contributed by atoms with E-state index in [2.05, 4.69) is 21.7 Å². The standard InChI is InChI=1S/C25H29N5O4S/c1-33-19-6-4-17(5-7-19)22-15-30-21(16-34-22)23(27-28-30)25(32)29-12-9-18(10-13-29)24(31)26-11-8-20-3-2-14-35-20/h2-7,14,18,22H,8-13,15-16H2,1H3,(H,26,31)/t22-/m1/s1. The Kier molecular flexibility index (Phi) is 7.10. The van der Waals surface area contributed by atoms with Crippen molar-refractivity contribution in [2.45, 2.75) is 38.5 Å². The summed E-state index contributed by atoms with van der Waals surface area (Å²) in [5, 5.41) is 13.5. The van der Waals surface area contributed by atoms with Gasteiger partial charge in [-0.3, -0.25) is 9.59 Å². The molecule has 35 heavy (non-hydrogen) atoms. The highest BCUT2D eigenvalue weighted by atomic mass is 32.1. The van der Waals surface area contributed by atoms with Crippen LogP contribution in [0.3, 0.4) is 0 Å². The van der Waals surface area contributed by atoms with Gasteiger partial charge >= 0.3 is 0 Å². The topological polar surface area (TPSA) is 98.6 Å². The second-order valence-electron chi connectivity index (χ2n) is 8.83. The molecule has 0 bridgehead atoms. The predicted molar refractivity (Wildman–Crippen MR) is 130 cm³/mol. The number of carbonyl (C=O) groups is 2. The SMILES string of the molecule is COc1ccc([C@H]2Cn3nnc(C(=O)N4CCC(C(=O)NCCc5cccs5)CC4)c3CO2)cc1. The van der Waals surface area contributed by atoms with Crippen molar-refractivity contribution < 1.29 is 19.1 Å². The number of benzene rings is 1. The lowest BCUT2D eigenvalue weighted by molar-refractivity contribution is -0.126. The van der Waals surface area contributed by atoms with Gasteiger partial charge in [-0.2, -0.15) is 0 Å². The molecule has 4 heterocycles. The number of hydrogen-bond donors (Lipinski definition) is 1. The third-order valence-electron chi connectivity index (χ3n) is 6.69. The molecule has 0 saturated carbocycles. The molecule has 0 unspecified atom stereocenters. The molecule has 1 saturated heterocycles. The maximum absolute atomic E-state index is 13.2. The first-order valence-electron chi connectivity index (χ1n) is 11.9. The highest BCUT2D eigenvalue weighted by Gasteiger charge is 2.33. The Bertz CT molecular complexity index is 1150. The van der Waals surface area contributed by atoms with Gasteiger partial charge in [-0.1, -0.05) is 23.4 Å². The zero-order valence-corrected chi connectivity index (χ0v) is 20.5. The number of fused-ring (bicyclic) bond motifs is 1. The number of methoxy groups -OCH3 is 1. The number of likely N-dealkylation sites (tertiary alicyclic amines) is 1. The fourth-order valence-corrected chi connectivity index (χ4v) is 5.31. The van der Waals surface area contributed by atoms with Crippen molar-refractivity contribution in [3.8, 4) is 5.75 Å². The number of nitrogens with zero attached hydrogens (tertiary/aromatic N) is 4. The van der Waals surface area contributed by atoms with Crippen molar-refractivity contribution in [3.63, 3.8) is 0 Å². The Labute approximate surface area is 208 Å². The van der Waals surface area contributed by atoms with E-state index >= 15 is 0 Å². The van der Waals surface area contributed by atoms with Gasteiger partial charge in [0.05, 0.1) is 26.0 Å². The number of carbonyl (C=O) groups excluding carboxylic acids is 2. The van der Waals surface area contributed by atoms with Crippen LogP contribution >= 0.6 is 11.3 Å². The van der Waals surface area contributed by atoms with Gasteiger partial charge in [-0.15, -0.1) is 16.4 Å². The summed E-state index contributed by atoms with van der Waals surface area (Å²) in [6.07, 6.45) is 1.99. The largest absolute Gasteiger partial charge is 0.497 e. The first-order valence-corrected chi connectivity index (χ1v) is 12.8. The molecule has 3 aromatic rings. The Morgan fingerprint density at radius 1 is 1.20 bits per heavy atom. The smallest absolute Gasteiger partial charge is 0.276 e. The predicted octanol–water partition coefficient (Wildman–Crippen LogP) is 2.83. The fourth-order valence-electron chi connectivity index (χ4n) is 4.60. The van der Waals surface area contributed by atoms with Crippen molar-refractivity contribution in [3.05, 3.63) is 63.6 Å². The minimum absolute atomic E-state index is 0.0648. The molecule has 184 valence electrons. The number of thiophene rings is 1. The molecule has 2 aliphatic heterocycles. The van der Waals surface area contributed by atoms with Crippen LogP contribution in [0.2, 0.25) is 0 Å². The number of amides is 2. The summed E-state index contributed by atoms with van der Waals surface area (Å²) < 4.78 is 13.0. The Hall–Kier alpha value is -3.24. The maximum Gasteiger partial charge on any atom is 0.276 e. The van der Waals surface area contributed by atoms with E-state index in [0.717, 1.165) is 17.7 Å². The fraction of sp³-hybridized carbons (Fsp3) is 0.440. The molecule has 5 rings (SSSR count). The van der Waals surface area contributed by atoms with Gasteiger partial charge in [0, 0.05) is 30.4 Å². The van der Waals surface area contributed by atoms with E-state index in [1.807, 2.05) is 35.7 Å². The lowest BCUT2D eigenvalue weighted by Gasteiger charge is -2.31. The summed E-state index contributed by atoms with van der Waals surface area (Å²) in [6.45, 7) is 2.47. The quantitative estimate of drug-likeness (QED) is 0.541. The first kappa shape index (κ1) is 23.5. The van der Waals surface area contributed by atoms with Crippen molar-refractivity contribution in [2.75, 3.05) is 26.7 Å². The van der Waals surface area contributed by atoms with E-state index in [-0.39, 0.29) is 30.4 Å². The van der Waals surface area contributed by atoms with Crippen LogP contribution in [0.4, 0.5) is 0 Å². The average molecular weight is 496 g/mol. The monoisotopic (exact) mass is 495 g/mol. The molecule has 0 spiro atoms. The summed E-state index contributed by atoms with van der Waals surface area (Å²) in [4.78, 5) is 28.8. The molecule has 10 heteroatoms. The molecule has 9 nitrogen and oxygen atoms in total. The Balaban J connectivity index is 1.13. The molecule has 2 aliphatic rings. The molecule has 1 aromatic carbocycles. The first-order chi connectivity index (χ1) is 17.1. The minimum atomic E-state index is -0.160. The van der Waals surface area contributed by atoms with E-state index in [9.17, 15) is 9.59 Å². The molecule has 2 aromatic heterocycles. The van der Waals surface area contributed by atoms with Crippen molar-refractivity contribution in [1.82, 2.24) is 25.2 Å². The molecule has 2 amide bonds. The zero-order valence-electron chi connectivity index (χ0n) is 19.7. The van der Waals surface area contributed by atoms with Crippen LogP contribution in [0, 0.1) is 5.92 Å². The van der Waals surface area contributed by atoms with Crippen LogP contribution in [0.5, 0.6) is 5.75 Å². The second-order valence-corrected chi connectivity index (χ2v) is 9.86. The molecule has 1 N–H and O–H groups in total. The number of aromatic nitrogens is 3. The van der Waals surface area contributed by atoms with Gasteiger partial charge in [0.2, 0.25) is 5.91 Å². The van der Waals surface area contributed by atoms with Crippen molar-refractivity contribution >= 4 is 23.2 Å². The number of ether oxygens (including phenoxy) is 2. The Morgan fingerprint density at radius 2 is 2.00 bits per heavy atom. The van der Waals surface area contributed by atoms with Gasteiger partial charge in [0.25, 0.3) is 5.91 Å². The van der Waals surface area contributed by atoms with Gasteiger partial charge in [-0.05, 0) is 48.4 Å². The Morgan fingerprint density at radius 3 is 2.71 bits per heavy atom. The number of piperidine rings is 1. The minimum Gasteiger partial charge on any atom is -0.497 e. The average Bonchev–Trinajstić information content (AvgIpc) is 3.58. The summed E-state index contributed by atoms with van der Waals surface area (Å²) >= 11 is 1.70. The third-order valence-corrected chi connectivity index (χ3v) is 7.63. The van der Waals surface area contributed by atoms with Crippen LogP contribution in [-0.2, 0) is 29.1 Å². The molecule has 1 fully saturated rings. The van der Waals surface area contributed by atoms with E-state index in [4.69, 9.17) is 9.47 Å². The van der Waals surface area contributed by atoms with Crippen LogP contribution in [0.25, 0.3) is 0 Å². The number of rotatable bonds is 7. The van der Waals surface area contributed by atoms with Crippen LogP contribution < -0.4 is 10.1 Å².